The molecule has 10 nitrogen and oxygen atoms in total. The molecule has 0 saturated heterocycles. The summed E-state index contributed by atoms with van der Waals surface area (Å²) in [6, 6.07) is 7.13. The maximum atomic E-state index is 12.4. The van der Waals surface area contributed by atoms with Crippen LogP contribution in [0, 0.1) is 0 Å². The monoisotopic (exact) mass is 626 g/mol. The lowest BCUT2D eigenvalue weighted by atomic mass is 9.93. The highest BCUT2D eigenvalue weighted by atomic mass is 32.2. The average molecular weight is 627 g/mol. The number of rotatable bonds is 15. The third-order valence-corrected chi connectivity index (χ3v) is 10.0. The summed E-state index contributed by atoms with van der Waals surface area (Å²) in [5.74, 6) is 0.0983. The lowest BCUT2D eigenvalue weighted by molar-refractivity contribution is 0.307. The summed E-state index contributed by atoms with van der Waals surface area (Å²) in [6.07, 6.45) is 11.1. The van der Waals surface area contributed by atoms with Gasteiger partial charge in [0.05, 0.1) is 6.61 Å². The molecule has 4 rings (SSSR count). The molecule has 13 heteroatoms. The predicted octanol–water partition coefficient (Wildman–Crippen LogP) is 6.62. The second-order valence-corrected chi connectivity index (χ2v) is 14.4. The van der Waals surface area contributed by atoms with Crippen LogP contribution in [-0.2, 0) is 30.4 Å². The SMILES string of the molecule is CCCCCCCCCCCCOc1cc(S(=O)(=O)O)c2ccc3c(S(=O)(=O)O)cc(S(=O)(=O)O)c4ccc1c2c43. The zero-order valence-corrected chi connectivity index (χ0v) is 25.1. The van der Waals surface area contributed by atoms with E-state index >= 15 is 0 Å². The molecule has 224 valence electrons. The number of unbranched alkanes of at least 4 members (excludes halogenated alkanes) is 9. The van der Waals surface area contributed by atoms with Gasteiger partial charge in [-0.15, -0.1) is 0 Å². The van der Waals surface area contributed by atoms with Gasteiger partial charge < -0.3 is 4.74 Å². The molecule has 41 heavy (non-hydrogen) atoms. The van der Waals surface area contributed by atoms with Crippen LogP contribution in [0.15, 0.2) is 51.1 Å². The van der Waals surface area contributed by atoms with E-state index < -0.39 is 45.0 Å². The Labute approximate surface area is 240 Å². The Bertz CT molecular complexity index is 1830. The first-order chi connectivity index (χ1) is 19.2. The molecule has 4 aromatic carbocycles. The van der Waals surface area contributed by atoms with Gasteiger partial charge in [0, 0.05) is 38.4 Å². The van der Waals surface area contributed by atoms with Crippen LogP contribution in [0.1, 0.15) is 71.1 Å². The van der Waals surface area contributed by atoms with Crippen LogP contribution in [0.2, 0.25) is 0 Å². The molecular weight excluding hydrogens is 592 g/mol. The first kappa shape index (κ1) is 31.4. The molecule has 3 N–H and O–H groups in total. The van der Waals surface area contributed by atoms with Gasteiger partial charge in [0.2, 0.25) is 0 Å². The Morgan fingerprint density at radius 1 is 0.537 bits per heavy atom. The number of hydrogen-bond acceptors (Lipinski definition) is 7. The molecule has 0 heterocycles. The fourth-order valence-electron chi connectivity index (χ4n) is 5.40. The Hall–Kier alpha value is -2.55. The van der Waals surface area contributed by atoms with E-state index in [9.17, 15) is 38.9 Å². The van der Waals surface area contributed by atoms with E-state index in [1.165, 1.54) is 68.9 Å². The molecule has 0 bridgehead atoms. The predicted molar refractivity (Wildman–Crippen MR) is 157 cm³/mol. The Kier molecular flexibility index (Phi) is 9.46. The molecule has 0 saturated carbocycles. The van der Waals surface area contributed by atoms with Crippen molar-refractivity contribution in [1.29, 1.82) is 0 Å². The van der Waals surface area contributed by atoms with Crippen molar-refractivity contribution in [3.05, 3.63) is 36.4 Å². The van der Waals surface area contributed by atoms with Gasteiger partial charge in [0.1, 0.15) is 20.4 Å². The van der Waals surface area contributed by atoms with E-state index in [0.717, 1.165) is 19.3 Å². The first-order valence-electron chi connectivity index (χ1n) is 13.6. The summed E-state index contributed by atoms with van der Waals surface area (Å²) in [5, 5.41) is 0.204. The number of ether oxygens (including phenoxy) is 1. The minimum atomic E-state index is -4.97. The highest BCUT2D eigenvalue weighted by molar-refractivity contribution is 7.87. The molecular formula is C28H34O10S3. The van der Waals surface area contributed by atoms with Gasteiger partial charge in [-0.2, -0.15) is 25.3 Å². The minimum Gasteiger partial charge on any atom is -0.493 e. The summed E-state index contributed by atoms with van der Waals surface area (Å²) < 4.78 is 109. The van der Waals surface area contributed by atoms with Gasteiger partial charge >= 0.3 is 0 Å². The lowest BCUT2D eigenvalue weighted by Crippen LogP contribution is -2.07. The number of benzene rings is 4. The van der Waals surface area contributed by atoms with E-state index in [2.05, 4.69) is 6.92 Å². The van der Waals surface area contributed by atoms with E-state index in [1.54, 1.807) is 0 Å². The summed E-state index contributed by atoms with van der Waals surface area (Å²) in [5.41, 5.74) is 0. The van der Waals surface area contributed by atoms with Crippen molar-refractivity contribution >= 4 is 62.7 Å². The largest absolute Gasteiger partial charge is 0.493 e. The van der Waals surface area contributed by atoms with Crippen LogP contribution in [0.4, 0.5) is 0 Å². The summed E-state index contributed by atoms with van der Waals surface area (Å²) in [4.78, 5) is -2.07. The van der Waals surface area contributed by atoms with Crippen molar-refractivity contribution in [2.24, 2.45) is 0 Å². The molecule has 4 aromatic rings. The molecule has 0 spiro atoms. The summed E-state index contributed by atoms with van der Waals surface area (Å²) in [7, 11) is -14.7. The standard InChI is InChI=1S/C28H34O10S3/c1-2-3-4-5-6-7-8-9-10-11-16-38-23-17-24(39(29,30)31)20-14-15-22-26(41(35,36)37)18-25(40(32,33)34)21-13-12-19(23)27(20)28(21)22/h12-15,17-18H,2-11,16H2,1H3,(H,29,30,31)(H,32,33,34)(H,35,36,37). The van der Waals surface area contributed by atoms with Gasteiger partial charge in [0.25, 0.3) is 30.4 Å². The lowest BCUT2D eigenvalue weighted by Gasteiger charge is -2.19. The minimum absolute atomic E-state index is 0.0133. The van der Waals surface area contributed by atoms with E-state index in [4.69, 9.17) is 4.74 Å². The second-order valence-electron chi connectivity index (χ2n) is 10.3. The molecule has 0 atom stereocenters. The molecule has 0 aromatic heterocycles. The zero-order valence-electron chi connectivity index (χ0n) is 22.7. The van der Waals surface area contributed by atoms with Gasteiger partial charge in [-0.3, -0.25) is 13.7 Å². The molecule has 0 unspecified atom stereocenters. The highest BCUT2D eigenvalue weighted by Crippen LogP contribution is 2.45. The maximum absolute atomic E-state index is 12.4. The van der Waals surface area contributed by atoms with Crippen molar-refractivity contribution in [1.82, 2.24) is 0 Å². The van der Waals surface area contributed by atoms with Crippen LogP contribution in [0.3, 0.4) is 0 Å². The van der Waals surface area contributed by atoms with E-state index in [1.807, 2.05) is 0 Å². The molecule has 0 fully saturated rings. The smallest absolute Gasteiger partial charge is 0.295 e. The van der Waals surface area contributed by atoms with Gasteiger partial charge in [-0.05, 0) is 18.6 Å². The van der Waals surface area contributed by atoms with Crippen LogP contribution >= 0.6 is 0 Å². The third-order valence-electron chi connectivity index (χ3n) is 7.34. The van der Waals surface area contributed by atoms with Crippen LogP contribution in [-0.4, -0.2) is 45.5 Å². The normalized spacial score (nSPS) is 13.1. The molecule has 0 aliphatic carbocycles. The molecule has 0 amide bonds. The number of hydrogen-bond donors (Lipinski definition) is 3. The molecule has 0 aliphatic heterocycles. The quantitative estimate of drug-likeness (QED) is 0.0739. The van der Waals surface area contributed by atoms with Gasteiger partial charge in [-0.1, -0.05) is 82.9 Å². The van der Waals surface area contributed by atoms with Crippen LogP contribution in [0.5, 0.6) is 5.75 Å². The van der Waals surface area contributed by atoms with Gasteiger partial charge in [-0.25, -0.2) is 0 Å². The fraction of sp³-hybridized carbons (Fsp3) is 0.429. The van der Waals surface area contributed by atoms with Crippen molar-refractivity contribution in [2.45, 2.75) is 85.8 Å². The third kappa shape index (κ3) is 6.92. The zero-order chi connectivity index (χ0) is 30.0. The van der Waals surface area contributed by atoms with Gasteiger partial charge in [0.15, 0.2) is 0 Å². The maximum Gasteiger partial charge on any atom is 0.295 e. The average Bonchev–Trinajstić information content (AvgIpc) is 2.88. The van der Waals surface area contributed by atoms with Crippen molar-refractivity contribution < 1.29 is 43.6 Å². The molecule has 0 aliphatic rings. The van der Waals surface area contributed by atoms with E-state index in [-0.39, 0.29) is 39.3 Å². The van der Waals surface area contributed by atoms with Crippen molar-refractivity contribution in [3.63, 3.8) is 0 Å². The summed E-state index contributed by atoms with van der Waals surface area (Å²) in [6.45, 7) is 2.44. The van der Waals surface area contributed by atoms with E-state index in [0.29, 0.717) is 17.9 Å². The van der Waals surface area contributed by atoms with Crippen molar-refractivity contribution in [3.8, 4) is 5.75 Å². The Morgan fingerprint density at radius 2 is 0.902 bits per heavy atom. The fourth-order valence-corrected chi connectivity index (χ4v) is 7.61. The Balaban J connectivity index is 1.73. The van der Waals surface area contributed by atoms with Crippen molar-refractivity contribution in [2.75, 3.05) is 6.61 Å². The first-order valence-corrected chi connectivity index (χ1v) is 17.9. The second kappa shape index (κ2) is 12.4. The molecule has 0 radical (unpaired) electrons. The van der Waals surface area contributed by atoms with Crippen LogP contribution < -0.4 is 4.74 Å². The Morgan fingerprint density at radius 3 is 1.34 bits per heavy atom. The van der Waals surface area contributed by atoms with Crippen LogP contribution in [0.25, 0.3) is 32.3 Å². The highest BCUT2D eigenvalue weighted by Gasteiger charge is 2.28. The summed E-state index contributed by atoms with van der Waals surface area (Å²) >= 11 is 0. The topological polar surface area (TPSA) is 172 Å².